The minimum absolute atomic E-state index is 0.139. The van der Waals surface area contributed by atoms with Crippen LogP contribution in [0.4, 0.5) is 13.2 Å². The van der Waals surface area contributed by atoms with Crippen molar-refractivity contribution < 1.29 is 13.2 Å². The van der Waals surface area contributed by atoms with Crippen LogP contribution in [0, 0.1) is 5.92 Å². The van der Waals surface area contributed by atoms with Crippen molar-refractivity contribution in [1.29, 1.82) is 0 Å². The molecule has 0 aromatic heterocycles. The molecule has 5 heteroatoms. The van der Waals surface area contributed by atoms with Crippen LogP contribution in [-0.2, 0) is 0 Å². The first-order valence-electron chi connectivity index (χ1n) is 6.09. The number of rotatable bonds is 7. The van der Waals surface area contributed by atoms with E-state index in [1.54, 1.807) is 0 Å². The summed E-state index contributed by atoms with van der Waals surface area (Å²) in [6, 6.07) is 0. The highest BCUT2D eigenvalue weighted by molar-refractivity contribution is 4.86. The third kappa shape index (κ3) is 6.88. The first-order chi connectivity index (χ1) is 7.60. The molecule has 17 heavy (non-hydrogen) atoms. The summed E-state index contributed by atoms with van der Waals surface area (Å²) < 4.78 is 36.3. The van der Waals surface area contributed by atoms with Gasteiger partial charge in [-0.2, -0.15) is 13.2 Å². The van der Waals surface area contributed by atoms with Crippen LogP contribution >= 0.6 is 0 Å². The Hall–Kier alpha value is -0.290. The van der Waals surface area contributed by atoms with E-state index in [9.17, 15) is 13.2 Å². The van der Waals surface area contributed by atoms with Crippen LogP contribution in [0.15, 0.2) is 0 Å². The van der Waals surface area contributed by atoms with E-state index in [0.29, 0.717) is 18.9 Å². The van der Waals surface area contributed by atoms with Crippen LogP contribution in [0.2, 0.25) is 0 Å². The van der Waals surface area contributed by atoms with Gasteiger partial charge in [-0.1, -0.05) is 13.8 Å². The predicted molar refractivity (Wildman–Crippen MR) is 64.8 cm³/mol. The summed E-state index contributed by atoms with van der Waals surface area (Å²) in [5, 5.41) is 0. The van der Waals surface area contributed by atoms with E-state index < -0.39 is 12.6 Å². The molecule has 0 aliphatic rings. The van der Waals surface area contributed by atoms with Crippen LogP contribution < -0.4 is 5.73 Å². The highest BCUT2D eigenvalue weighted by Crippen LogP contribution is 2.27. The number of nitrogens with two attached hydrogens (primary N) is 1. The Balaban J connectivity index is 4.27. The SMILES string of the molecule is CC(C)CN(C)C(C)(CN)CCCC(F)(F)F. The van der Waals surface area contributed by atoms with Crippen molar-refractivity contribution in [2.75, 3.05) is 20.1 Å². The van der Waals surface area contributed by atoms with Crippen molar-refractivity contribution in [3.8, 4) is 0 Å². The minimum atomic E-state index is -4.06. The molecule has 0 aliphatic heterocycles. The van der Waals surface area contributed by atoms with Gasteiger partial charge in [-0.3, -0.25) is 4.90 Å². The molecule has 0 rings (SSSR count). The van der Waals surface area contributed by atoms with Crippen molar-refractivity contribution in [2.45, 2.75) is 51.7 Å². The van der Waals surface area contributed by atoms with Gasteiger partial charge in [0.15, 0.2) is 0 Å². The van der Waals surface area contributed by atoms with Gasteiger partial charge < -0.3 is 5.73 Å². The lowest BCUT2D eigenvalue weighted by Crippen LogP contribution is -2.50. The van der Waals surface area contributed by atoms with E-state index in [4.69, 9.17) is 5.73 Å². The van der Waals surface area contributed by atoms with Gasteiger partial charge in [0, 0.05) is 25.0 Å². The number of hydrogen-bond acceptors (Lipinski definition) is 2. The molecule has 0 heterocycles. The second-order valence-corrected chi connectivity index (χ2v) is 5.44. The zero-order chi connectivity index (χ0) is 13.7. The molecule has 0 aromatic rings. The lowest BCUT2D eigenvalue weighted by atomic mass is 9.92. The van der Waals surface area contributed by atoms with Gasteiger partial charge in [-0.25, -0.2) is 0 Å². The average Bonchev–Trinajstić information content (AvgIpc) is 2.14. The quantitative estimate of drug-likeness (QED) is 0.756. The first-order valence-corrected chi connectivity index (χ1v) is 6.09. The first kappa shape index (κ1) is 16.7. The molecule has 1 atom stereocenters. The molecule has 0 radical (unpaired) electrons. The molecular formula is C12H25F3N2. The summed E-state index contributed by atoms with van der Waals surface area (Å²) in [4.78, 5) is 2.08. The second kappa shape index (κ2) is 6.59. The molecule has 2 N–H and O–H groups in total. The van der Waals surface area contributed by atoms with Gasteiger partial charge >= 0.3 is 6.18 Å². The summed E-state index contributed by atoms with van der Waals surface area (Å²) in [7, 11) is 1.93. The van der Waals surface area contributed by atoms with Crippen molar-refractivity contribution >= 4 is 0 Å². The fraction of sp³-hybridized carbons (Fsp3) is 1.00. The number of halogens is 3. The third-order valence-electron chi connectivity index (χ3n) is 3.18. The lowest BCUT2D eigenvalue weighted by Gasteiger charge is -2.39. The smallest absolute Gasteiger partial charge is 0.329 e. The predicted octanol–water partition coefficient (Wildman–Crippen LogP) is 3.02. The minimum Gasteiger partial charge on any atom is -0.329 e. The van der Waals surface area contributed by atoms with Crippen LogP contribution in [0.3, 0.4) is 0 Å². The summed E-state index contributed by atoms with van der Waals surface area (Å²) in [5.41, 5.74) is 5.37. The molecule has 0 saturated heterocycles. The summed E-state index contributed by atoms with van der Waals surface area (Å²) in [6.07, 6.45) is -4.17. The normalized spacial score (nSPS) is 16.6. The molecule has 0 spiro atoms. The Kier molecular flexibility index (Phi) is 6.48. The number of hydrogen-bond donors (Lipinski definition) is 1. The van der Waals surface area contributed by atoms with Crippen LogP contribution in [-0.4, -0.2) is 36.8 Å². The largest absolute Gasteiger partial charge is 0.389 e. The van der Waals surface area contributed by atoms with E-state index in [2.05, 4.69) is 18.7 Å². The number of alkyl halides is 3. The maximum Gasteiger partial charge on any atom is 0.389 e. The maximum atomic E-state index is 12.1. The fourth-order valence-electron chi connectivity index (χ4n) is 1.89. The zero-order valence-corrected chi connectivity index (χ0v) is 11.3. The van der Waals surface area contributed by atoms with Gasteiger partial charge in [0.05, 0.1) is 0 Å². The van der Waals surface area contributed by atoms with Crippen molar-refractivity contribution in [1.82, 2.24) is 4.90 Å². The van der Waals surface area contributed by atoms with E-state index in [1.807, 2.05) is 14.0 Å². The van der Waals surface area contributed by atoms with Gasteiger partial charge in [-0.05, 0) is 32.7 Å². The van der Waals surface area contributed by atoms with Crippen molar-refractivity contribution in [3.63, 3.8) is 0 Å². The standard InChI is InChI=1S/C12H25F3N2/c1-10(2)8-17(4)11(3,9-16)6-5-7-12(13,14)15/h10H,5-9,16H2,1-4H3. The molecule has 0 fully saturated rings. The Morgan fingerprint density at radius 2 is 1.71 bits per heavy atom. The topological polar surface area (TPSA) is 29.3 Å². The molecule has 0 aromatic carbocycles. The monoisotopic (exact) mass is 254 g/mol. The van der Waals surface area contributed by atoms with E-state index in [0.717, 1.165) is 6.54 Å². The summed E-state index contributed by atoms with van der Waals surface area (Å²) in [6.45, 7) is 7.34. The molecule has 0 aliphatic carbocycles. The fourth-order valence-corrected chi connectivity index (χ4v) is 1.89. The van der Waals surface area contributed by atoms with Gasteiger partial charge in [-0.15, -0.1) is 0 Å². The third-order valence-corrected chi connectivity index (χ3v) is 3.18. The van der Waals surface area contributed by atoms with Crippen LogP contribution in [0.25, 0.3) is 0 Å². The molecular weight excluding hydrogens is 229 g/mol. The van der Waals surface area contributed by atoms with Gasteiger partial charge in [0.1, 0.15) is 0 Å². The summed E-state index contributed by atoms with van der Waals surface area (Å²) >= 11 is 0. The van der Waals surface area contributed by atoms with Gasteiger partial charge in [0.2, 0.25) is 0 Å². The van der Waals surface area contributed by atoms with Crippen molar-refractivity contribution in [3.05, 3.63) is 0 Å². The highest BCUT2D eigenvalue weighted by Gasteiger charge is 2.31. The molecule has 0 bridgehead atoms. The number of likely N-dealkylation sites (N-methyl/N-ethyl adjacent to an activating group) is 1. The molecule has 2 nitrogen and oxygen atoms in total. The van der Waals surface area contributed by atoms with Crippen molar-refractivity contribution in [2.24, 2.45) is 11.7 Å². The number of nitrogens with zero attached hydrogens (tertiary/aromatic N) is 1. The van der Waals surface area contributed by atoms with Gasteiger partial charge in [0.25, 0.3) is 0 Å². The Morgan fingerprint density at radius 3 is 2.06 bits per heavy atom. The highest BCUT2D eigenvalue weighted by atomic mass is 19.4. The molecule has 1 unspecified atom stereocenters. The molecule has 104 valence electrons. The zero-order valence-electron chi connectivity index (χ0n) is 11.3. The average molecular weight is 254 g/mol. The Labute approximate surface area is 102 Å². The van der Waals surface area contributed by atoms with E-state index in [1.165, 1.54) is 0 Å². The van der Waals surface area contributed by atoms with E-state index >= 15 is 0 Å². The molecule has 0 saturated carbocycles. The Morgan fingerprint density at radius 1 is 1.18 bits per heavy atom. The van der Waals surface area contributed by atoms with Crippen LogP contribution in [0.1, 0.15) is 40.0 Å². The molecule has 0 amide bonds. The second-order valence-electron chi connectivity index (χ2n) is 5.44. The summed E-state index contributed by atoms with van der Waals surface area (Å²) in [5.74, 6) is 0.480. The van der Waals surface area contributed by atoms with E-state index in [-0.39, 0.29) is 12.0 Å². The maximum absolute atomic E-state index is 12.1. The lowest BCUT2D eigenvalue weighted by molar-refractivity contribution is -0.136. The Bertz CT molecular complexity index is 216. The van der Waals surface area contributed by atoms with Crippen LogP contribution in [0.5, 0.6) is 0 Å².